The standard InChI is InChI=1S/C16H18FN3O4S/c1-10-2-3-13(12(17)8-10)18-16(22)14-4-5-15(21)20(19-14)11-6-7-25(23,24)9-11/h2-3,8,11H,4-7,9H2,1H3,(H,18,22)/t11-/m0/s1. The lowest BCUT2D eigenvalue weighted by Gasteiger charge is -2.27. The third kappa shape index (κ3) is 3.87. The van der Waals surface area contributed by atoms with Crippen molar-refractivity contribution in [2.75, 3.05) is 16.8 Å². The van der Waals surface area contributed by atoms with Crippen LogP contribution in [0.3, 0.4) is 0 Å². The summed E-state index contributed by atoms with van der Waals surface area (Å²) in [6.07, 6.45) is 0.506. The molecule has 25 heavy (non-hydrogen) atoms. The van der Waals surface area contributed by atoms with E-state index >= 15 is 0 Å². The zero-order valence-electron chi connectivity index (χ0n) is 13.7. The van der Waals surface area contributed by atoms with Gasteiger partial charge in [0.1, 0.15) is 11.5 Å². The first-order valence-corrected chi connectivity index (χ1v) is 9.75. The largest absolute Gasteiger partial charge is 0.318 e. The zero-order valence-corrected chi connectivity index (χ0v) is 14.5. The fraction of sp³-hybridized carbons (Fsp3) is 0.438. The summed E-state index contributed by atoms with van der Waals surface area (Å²) in [4.78, 5) is 24.4. The lowest BCUT2D eigenvalue weighted by molar-refractivity contribution is -0.133. The van der Waals surface area contributed by atoms with Gasteiger partial charge in [0.05, 0.1) is 23.2 Å². The van der Waals surface area contributed by atoms with Crippen molar-refractivity contribution in [3.8, 4) is 0 Å². The van der Waals surface area contributed by atoms with Gasteiger partial charge in [-0.15, -0.1) is 0 Å². The summed E-state index contributed by atoms with van der Waals surface area (Å²) in [5, 5.41) is 7.61. The van der Waals surface area contributed by atoms with Crippen LogP contribution in [0, 0.1) is 12.7 Å². The first kappa shape index (κ1) is 17.5. The van der Waals surface area contributed by atoms with E-state index in [0.717, 1.165) is 10.6 Å². The van der Waals surface area contributed by atoms with Gasteiger partial charge in [0.2, 0.25) is 5.91 Å². The minimum absolute atomic E-state index is 0.00702. The maximum absolute atomic E-state index is 13.9. The molecule has 2 amide bonds. The quantitative estimate of drug-likeness (QED) is 0.869. The fourth-order valence-electron chi connectivity index (χ4n) is 2.90. The highest BCUT2D eigenvalue weighted by Crippen LogP contribution is 2.23. The fourth-order valence-corrected chi connectivity index (χ4v) is 4.60. The van der Waals surface area contributed by atoms with Crippen LogP contribution in [0.25, 0.3) is 0 Å². The number of rotatable bonds is 3. The van der Waals surface area contributed by atoms with Gasteiger partial charge < -0.3 is 5.32 Å². The van der Waals surface area contributed by atoms with Crippen LogP contribution in [-0.4, -0.2) is 48.5 Å². The van der Waals surface area contributed by atoms with Crippen LogP contribution in [-0.2, 0) is 19.4 Å². The van der Waals surface area contributed by atoms with Gasteiger partial charge in [0.15, 0.2) is 9.84 Å². The molecule has 0 unspecified atom stereocenters. The molecule has 2 heterocycles. The van der Waals surface area contributed by atoms with Gasteiger partial charge >= 0.3 is 0 Å². The zero-order chi connectivity index (χ0) is 18.2. The summed E-state index contributed by atoms with van der Waals surface area (Å²) < 4.78 is 37.1. The molecule has 134 valence electrons. The SMILES string of the molecule is Cc1ccc(NC(=O)C2=NN([C@H]3CCS(=O)(=O)C3)C(=O)CC2)c(F)c1. The Morgan fingerprint density at radius 1 is 1.36 bits per heavy atom. The minimum Gasteiger partial charge on any atom is -0.318 e. The molecule has 0 saturated carbocycles. The summed E-state index contributed by atoms with van der Waals surface area (Å²) in [6.45, 7) is 1.74. The van der Waals surface area contributed by atoms with Crippen molar-refractivity contribution >= 4 is 33.1 Å². The van der Waals surface area contributed by atoms with E-state index in [1.807, 2.05) is 0 Å². The third-order valence-electron chi connectivity index (χ3n) is 4.25. The summed E-state index contributed by atoms with van der Waals surface area (Å²) in [5.41, 5.74) is 0.846. The predicted molar refractivity (Wildman–Crippen MR) is 90.3 cm³/mol. The normalized spacial score (nSPS) is 22.6. The third-order valence-corrected chi connectivity index (χ3v) is 6.00. The molecular weight excluding hydrogens is 349 g/mol. The van der Waals surface area contributed by atoms with Crippen molar-refractivity contribution in [3.05, 3.63) is 29.6 Å². The Bertz CT molecular complexity index is 866. The summed E-state index contributed by atoms with van der Waals surface area (Å²) in [7, 11) is -3.18. The number of amides is 2. The number of carbonyl (C=O) groups excluding carboxylic acids is 2. The molecule has 1 atom stereocenters. The van der Waals surface area contributed by atoms with Gasteiger partial charge in [-0.05, 0) is 31.0 Å². The molecule has 0 radical (unpaired) electrons. The van der Waals surface area contributed by atoms with Crippen LogP contribution in [0.5, 0.6) is 0 Å². The molecule has 0 bridgehead atoms. The molecule has 1 aromatic carbocycles. The van der Waals surface area contributed by atoms with E-state index in [9.17, 15) is 22.4 Å². The lowest BCUT2D eigenvalue weighted by atomic mass is 10.1. The second kappa shape index (κ2) is 6.55. The van der Waals surface area contributed by atoms with Crippen molar-refractivity contribution in [1.82, 2.24) is 5.01 Å². The van der Waals surface area contributed by atoms with Crippen molar-refractivity contribution in [2.45, 2.75) is 32.2 Å². The number of benzene rings is 1. The number of halogens is 1. The number of nitrogens with zero attached hydrogens (tertiary/aromatic N) is 2. The number of sulfone groups is 1. The van der Waals surface area contributed by atoms with Crippen LogP contribution in [0.4, 0.5) is 10.1 Å². The van der Waals surface area contributed by atoms with Crippen LogP contribution < -0.4 is 5.32 Å². The van der Waals surface area contributed by atoms with E-state index < -0.39 is 27.6 Å². The van der Waals surface area contributed by atoms with E-state index in [2.05, 4.69) is 10.4 Å². The molecule has 1 saturated heterocycles. The molecule has 2 aliphatic heterocycles. The topological polar surface area (TPSA) is 95.9 Å². The van der Waals surface area contributed by atoms with Gasteiger partial charge in [0.25, 0.3) is 5.91 Å². The highest BCUT2D eigenvalue weighted by molar-refractivity contribution is 7.91. The molecular formula is C16H18FN3O4S. The van der Waals surface area contributed by atoms with Crippen molar-refractivity contribution in [2.24, 2.45) is 5.10 Å². The van der Waals surface area contributed by atoms with Crippen LogP contribution in [0.15, 0.2) is 23.3 Å². The van der Waals surface area contributed by atoms with Crippen molar-refractivity contribution in [3.63, 3.8) is 0 Å². The van der Waals surface area contributed by atoms with Crippen molar-refractivity contribution < 1.29 is 22.4 Å². The molecule has 1 aromatic rings. The molecule has 0 aromatic heterocycles. The van der Waals surface area contributed by atoms with E-state index in [1.54, 1.807) is 13.0 Å². The molecule has 9 heteroatoms. The number of anilines is 1. The minimum atomic E-state index is -3.18. The number of carbonyl (C=O) groups is 2. The van der Waals surface area contributed by atoms with Gasteiger partial charge in [0, 0.05) is 12.8 Å². The summed E-state index contributed by atoms with van der Waals surface area (Å²) >= 11 is 0. The average molecular weight is 367 g/mol. The van der Waals surface area contributed by atoms with E-state index in [4.69, 9.17) is 0 Å². The summed E-state index contributed by atoms with van der Waals surface area (Å²) in [5.74, 6) is -1.60. The number of nitrogens with one attached hydrogen (secondary N) is 1. The smallest absolute Gasteiger partial charge is 0.271 e. The van der Waals surface area contributed by atoms with Gasteiger partial charge in [-0.3, -0.25) is 9.59 Å². The highest BCUT2D eigenvalue weighted by atomic mass is 32.2. The Morgan fingerprint density at radius 2 is 2.12 bits per heavy atom. The molecule has 3 rings (SSSR count). The van der Waals surface area contributed by atoms with Gasteiger partial charge in [-0.2, -0.15) is 5.10 Å². The number of hydrazone groups is 1. The van der Waals surface area contributed by atoms with E-state index in [0.29, 0.717) is 6.42 Å². The monoisotopic (exact) mass is 367 g/mol. The predicted octanol–water partition coefficient (Wildman–Crippen LogP) is 1.24. The molecule has 1 fully saturated rings. The summed E-state index contributed by atoms with van der Waals surface area (Å²) in [6, 6.07) is 3.88. The van der Waals surface area contributed by atoms with Crippen LogP contribution in [0.1, 0.15) is 24.8 Å². The maximum Gasteiger partial charge on any atom is 0.271 e. The Kier molecular flexibility index (Phi) is 4.59. The number of hydrogen-bond donors (Lipinski definition) is 1. The first-order chi connectivity index (χ1) is 11.7. The molecule has 0 aliphatic carbocycles. The Hall–Kier alpha value is -2.29. The van der Waals surface area contributed by atoms with Crippen LogP contribution in [0.2, 0.25) is 0 Å². The lowest BCUT2D eigenvalue weighted by Crippen LogP contribution is -2.42. The first-order valence-electron chi connectivity index (χ1n) is 7.92. The maximum atomic E-state index is 13.9. The Balaban J connectivity index is 1.77. The van der Waals surface area contributed by atoms with Gasteiger partial charge in [-0.1, -0.05) is 6.07 Å². The molecule has 2 aliphatic rings. The Morgan fingerprint density at radius 3 is 2.76 bits per heavy atom. The Labute approximate surface area is 144 Å². The van der Waals surface area contributed by atoms with Crippen molar-refractivity contribution in [1.29, 1.82) is 0 Å². The number of aryl methyl sites for hydroxylation is 1. The second-order valence-electron chi connectivity index (χ2n) is 6.28. The number of hydrogen-bond acceptors (Lipinski definition) is 5. The molecule has 0 spiro atoms. The van der Waals surface area contributed by atoms with E-state index in [1.165, 1.54) is 12.1 Å². The van der Waals surface area contributed by atoms with E-state index in [-0.39, 0.29) is 41.7 Å². The molecule has 7 nitrogen and oxygen atoms in total. The van der Waals surface area contributed by atoms with Crippen LogP contribution >= 0.6 is 0 Å². The average Bonchev–Trinajstić information content (AvgIpc) is 2.90. The van der Waals surface area contributed by atoms with Gasteiger partial charge in [-0.25, -0.2) is 17.8 Å². The second-order valence-corrected chi connectivity index (χ2v) is 8.51. The molecule has 1 N–H and O–H groups in total. The highest BCUT2D eigenvalue weighted by Gasteiger charge is 2.37.